The van der Waals surface area contributed by atoms with Crippen molar-refractivity contribution in [1.29, 1.82) is 0 Å². The molecule has 1 N–H and O–H groups in total. The van der Waals surface area contributed by atoms with Crippen LogP contribution in [-0.2, 0) is 17.7 Å². The predicted octanol–water partition coefficient (Wildman–Crippen LogP) is 2.93. The molecule has 1 aliphatic rings. The van der Waals surface area contributed by atoms with Crippen LogP contribution >= 0.6 is 0 Å². The molecule has 0 fully saturated rings. The van der Waals surface area contributed by atoms with Gasteiger partial charge in [-0.2, -0.15) is 0 Å². The van der Waals surface area contributed by atoms with Gasteiger partial charge in [-0.3, -0.25) is 0 Å². The number of esters is 1. The molecule has 0 aliphatic carbocycles. The second-order valence-electron chi connectivity index (χ2n) is 6.32. The van der Waals surface area contributed by atoms with E-state index in [0.29, 0.717) is 6.61 Å². The summed E-state index contributed by atoms with van der Waals surface area (Å²) < 4.78 is 5.41. The van der Waals surface area contributed by atoms with Gasteiger partial charge in [-0.05, 0) is 42.0 Å². The first-order valence-electron chi connectivity index (χ1n) is 6.96. The third kappa shape index (κ3) is 3.80. The van der Waals surface area contributed by atoms with Gasteiger partial charge in [0.15, 0.2) is 0 Å². The van der Waals surface area contributed by atoms with Gasteiger partial charge in [0.2, 0.25) is 0 Å². The van der Waals surface area contributed by atoms with Gasteiger partial charge >= 0.3 is 5.97 Å². The quantitative estimate of drug-likeness (QED) is 0.850. The Morgan fingerprint density at radius 1 is 1.37 bits per heavy atom. The molecule has 0 atom stereocenters. The number of hydrogen-bond acceptors (Lipinski definition) is 3. The molecular weight excluding hydrogens is 238 g/mol. The van der Waals surface area contributed by atoms with Crippen molar-refractivity contribution < 1.29 is 9.53 Å². The molecule has 0 radical (unpaired) electrons. The van der Waals surface area contributed by atoms with E-state index >= 15 is 0 Å². The first-order chi connectivity index (χ1) is 8.97. The monoisotopic (exact) mass is 261 g/mol. The molecule has 104 valence electrons. The molecule has 2 rings (SSSR count). The zero-order valence-corrected chi connectivity index (χ0v) is 12.1. The van der Waals surface area contributed by atoms with E-state index in [4.69, 9.17) is 4.74 Å². The third-order valence-electron chi connectivity index (χ3n) is 3.45. The fraction of sp³-hybridized carbons (Fsp3) is 0.562. The highest BCUT2D eigenvalue weighted by atomic mass is 16.5. The molecule has 1 aromatic rings. The average Bonchev–Trinajstić information content (AvgIpc) is 2.36. The normalized spacial score (nSPS) is 14.9. The number of nitrogens with one attached hydrogen (secondary N) is 1. The topological polar surface area (TPSA) is 38.3 Å². The second-order valence-corrected chi connectivity index (χ2v) is 6.32. The minimum Gasteiger partial charge on any atom is -0.462 e. The number of carbonyl (C=O) groups is 1. The lowest BCUT2D eigenvalue weighted by atomic mass is 9.93. The molecule has 0 unspecified atom stereocenters. The number of hydrogen-bond donors (Lipinski definition) is 1. The predicted molar refractivity (Wildman–Crippen MR) is 76.2 cm³/mol. The molecule has 1 heterocycles. The Balaban J connectivity index is 2.03. The maximum absolute atomic E-state index is 12.2. The molecular formula is C16H23NO2. The number of fused-ring (bicyclic) bond motifs is 1. The second kappa shape index (κ2) is 5.74. The molecule has 1 aliphatic heterocycles. The number of carbonyl (C=O) groups excluding carboxylic acids is 1. The van der Waals surface area contributed by atoms with Crippen molar-refractivity contribution in [2.45, 2.75) is 40.2 Å². The van der Waals surface area contributed by atoms with Gasteiger partial charge < -0.3 is 10.1 Å². The lowest BCUT2D eigenvalue weighted by molar-refractivity contribution is 0.0463. The minimum absolute atomic E-state index is 0.178. The fourth-order valence-electron chi connectivity index (χ4n) is 2.25. The van der Waals surface area contributed by atoms with Crippen molar-refractivity contribution in [3.63, 3.8) is 0 Å². The van der Waals surface area contributed by atoms with Crippen LogP contribution in [0.25, 0.3) is 0 Å². The van der Waals surface area contributed by atoms with Crippen molar-refractivity contribution in [3.8, 4) is 0 Å². The SMILES string of the molecule is CC(C)(C)CCOC(=O)c1cccc2c1CCNC2. The molecule has 0 spiro atoms. The smallest absolute Gasteiger partial charge is 0.338 e. The highest BCUT2D eigenvalue weighted by molar-refractivity contribution is 5.91. The summed E-state index contributed by atoms with van der Waals surface area (Å²) in [4.78, 5) is 12.2. The van der Waals surface area contributed by atoms with E-state index in [-0.39, 0.29) is 11.4 Å². The van der Waals surface area contributed by atoms with Crippen molar-refractivity contribution in [2.24, 2.45) is 5.41 Å². The van der Waals surface area contributed by atoms with Gasteiger partial charge in [-0.25, -0.2) is 4.79 Å². The van der Waals surface area contributed by atoms with Crippen LogP contribution in [0.5, 0.6) is 0 Å². The van der Waals surface area contributed by atoms with Crippen molar-refractivity contribution in [2.75, 3.05) is 13.2 Å². The van der Waals surface area contributed by atoms with Crippen LogP contribution in [0.2, 0.25) is 0 Å². The summed E-state index contributed by atoms with van der Waals surface area (Å²) in [5.41, 5.74) is 3.31. The minimum atomic E-state index is -0.178. The molecule has 19 heavy (non-hydrogen) atoms. The summed E-state index contributed by atoms with van der Waals surface area (Å²) in [5, 5.41) is 3.32. The first kappa shape index (κ1) is 14.1. The lowest BCUT2D eigenvalue weighted by Gasteiger charge is -2.20. The van der Waals surface area contributed by atoms with Gasteiger partial charge in [0, 0.05) is 6.54 Å². The Morgan fingerprint density at radius 3 is 2.89 bits per heavy atom. The van der Waals surface area contributed by atoms with Crippen LogP contribution in [0, 0.1) is 5.41 Å². The fourth-order valence-corrected chi connectivity index (χ4v) is 2.25. The van der Waals surface area contributed by atoms with E-state index in [1.807, 2.05) is 12.1 Å². The zero-order chi connectivity index (χ0) is 13.9. The van der Waals surface area contributed by atoms with E-state index in [9.17, 15) is 4.79 Å². The highest BCUT2D eigenvalue weighted by Gasteiger charge is 2.19. The van der Waals surface area contributed by atoms with Crippen LogP contribution in [0.1, 0.15) is 48.7 Å². The summed E-state index contributed by atoms with van der Waals surface area (Å²) >= 11 is 0. The van der Waals surface area contributed by atoms with Crippen LogP contribution in [0.4, 0.5) is 0 Å². The van der Waals surface area contributed by atoms with Gasteiger partial charge in [-0.1, -0.05) is 32.9 Å². The van der Waals surface area contributed by atoms with Crippen LogP contribution in [-0.4, -0.2) is 19.1 Å². The molecule has 0 saturated carbocycles. The maximum atomic E-state index is 12.2. The summed E-state index contributed by atoms with van der Waals surface area (Å²) in [6.45, 7) is 8.71. The van der Waals surface area contributed by atoms with Crippen LogP contribution in [0.15, 0.2) is 18.2 Å². The van der Waals surface area contributed by atoms with Gasteiger partial charge in [0.05, 0.1) is 12.2 Å². The molecule has 0 aromatic heterocycles. The van der Waals surface area contributed by atoms with E-state index < -0.39 is 0 Å². The van der Waals surface area contributed by atoms with E-state index in [2.05, 4.69) is 32.2 Å². The van der Waals surface area contributed by atoms with Crippen molar-refractivity contribution in [1.82, 2.24) is 5.32 Å². The molecule has 3 nitrogen and oxygen atoms in total. The molecule has 1 aromatic carbocycles. The summed E-state index contributed by atoms with van der Waals surface area (Å²) in [5.74, 6) is -0.178. The lowest BCUT2D eigenvalue weighted by Crippen LogP contribution is -2.26. The molecule has 0 saturated heterocycles. The van der Waals surface area contributed by atoms with E-state index in [0.717, 1.165) is 37.1 Å². The zero-order valence-electron chi connectivity index (χ0n) is 12.1. The Hall–Kier alpha value is -1.35. The first-order valence-corrected chi connectivity index (χ1v) is 6.96. The van der Waals surface area contributed by atoms with Gasteiger partial charge in [0.25, 0.3) is 0 Å². The largest absolute Gasteiger partial charge is 0.462 e. The highest BCUT2D eigenvalue weighted by Crippen LogP contribution is 2.21. The number of rotatable bonds is 3. The summed E-state index contributed by atoms with van der Waals surface area (Å²) in [7, 11) is 0. The Kier molecular flexibility index (Phi) is 4.25. The van der Waals surface area contributed by atoms with E-state index in [1.165, 1.54) is 5.56 Å². The Bertz CT molecular complexity index is 460. The summed E-state index contributed by atoms with van der Waals surface area (Å²) in [6.07, 6.45) is 1.79. The third-order valence-corrected chi connectivity index (χ3v) is 3.45. The van der Waals surface area contributed by atoms with Crippen molar-refractivity contribution in [3.05, 3.63) is 34.9 Å². The summed E-state index contributed by atoms with van der Waals surface area (Å²) in [6, 6.07) is 5.89. The maximum Gasteiger partial charge on any atom is 0.338 e. The van der Waals surface area contributed by atoms with Crippen molar-refractivity contribution >= 4 is 5.97 Å². The van der Waals surface area contributed by atoms with Gasteiger partial charge in [-0.15, -0.1) is 0 Å². The average molecular weight is 261 g/mol. The van der Waals surface area contributed by atoms with Crippen LogP contribution in [0.3, 0.4) is 0 Å². The van der Waals surface area contributed by atoms with Gasteiger partial charge in [0.1, 0.15) is 0 Å². The Labute approximate surface area is 115 Å². The number of ether oxygens (including phenoxy) is 1. The molecule has 3 heteroatoms. The van der Waals surface area contributed by atoms with Crippen LogP contribution < -0.4 is 5.32 Å². The standard InChI is InChI=1S/C16H23NO2/c1-16(2,3)8-10-19-15(18)14-6-4-5-12-11-17-9-7-13(12)14/h4-6,17H,7-11H2,1-3H3. The molecule has 0 amide bonds. The Morgan fingerprint density at radius 2 is 2.16 bits per heavy atom. The van der Waals surface area contributed by atoms with E-state index in [1.54, 1.807) is 0 Å². The molecule has 0 bridgehead atoms. The number of benzene rings is 1.